The van der Waals surface area contributed by atoms with E-state index in [1.54, 1.807) is 36.0 Å². The lowest BCUT2D eigenvalue weighted by molar-refractivity contribution is -0.123. The molecular weight excluding hydrogens is 444 g/mol. The van der Waals surface area contributed by atoms with Gasteiger partial charge < -0.3 is 9.47 Å². The quantitative estimate of drug-likeness (QED) is 0.685. The summed E-state index contributed by atoms with van der Waals surface area (Å²) in [5.41, 5.74) is 0. The number of benzene rings is 2. The van der Waals surface area contributed by atoms with Crippen LogP contribution in [-0.2, 0) is 24.1 Å². The first-order chi connectivity index (χ1) is 15.5. The van der Waals surface area contributed by atoms with Crippen molar-refractivity contribution in [2.24, 2.45) is 17.8 Å². The van der Waals surface area contributed by atoms with Crippen LogP contribution in [0.2, 0.25) is 0 Å². The topological polar surface area (TPSA) is 69.7 Å². The van der Waals surface area contributed by atoms with Crippen LogP contribution >= 0.6 is 11.8 Å². The second kappa shape index (κ2) is 6.56. The first-order valence-corrected chi connectivity index (χ1v) is 13.4. The van der Waals surface area contributed by atoms with E-state index in [4.69, 9.17) is 9.47 Å². The molecule has 164 valence electrons. The molecule has 8 atom stereocenters. The Morgan fingerprint density at radius 2 is 1.69 bits per heavy atom. The fourth-order valence-corrected chi connectivity index (χ4v) is 10.6. The number of rotatable bonds is 4. The number of carbonyl (C=O) groups is 1. The standard InChI is InChI=1S/C25H22O5S2/c26-17-12-11-16-20(17)23-21-22-18(31-14-7-3-1-4-8-14)13-19(29-22)25(21,24(16)30-23)32(27,28)15-9-5-2-6-10-15/h1-10,13,16,19-24H,11-12H2/t16-,19+,20-,21+,22-,23+,24-,25-/m1/s1. The average Bonchev–Trinajstić information content (AvgIpc) is 3.59. The maximum Gasteiger partial charge on any atom is 0.190 e. The molecule has 0 N–H and O–H groups in total. The molecule has 0 unspecified atom stereocenters. The molecule has 2 aromatic carbocycles. The second-order valence-electron chi connectivity index (χ2n) is 9.37. The molecule has 5 aliphatic rings. The van der Waals surface area contributed by atoms with Crippen molar-refractivity contribution < 1.29 is 22.7 Å². The fourth-order valence-electron chi connectivity index (χ4n) is 6.98. The van der Waals surface area contributed by atoms with Crippen molar-refractivity contribution in [2.75, 3.05) is 0 Å². The van der Waals surface area contributed by atoms with E-state index in [0.29, 0.717) is 17.7 Å². The van der Waals surface area contributed by atoms with Gasteiger partial charge in [0.15, 0.2) is 9.84 Å². The zero-order chi connectivity index (χ0) is 21.7. The van der Waals surface area contributed by atoms with Crippen LogP contribution in [0.25, 0.3) is 0 Å². The molecule has 1 saturated carbocycles. The Hall–Kier alpha value is -1.93. The number of Topliss-reactive ketones (excluding diaryl/α,β-unsaturated/α-hetero) is 1. The summed E-state index contributed by atoms with van der Waals surface area (Å²) in [5.74, 6) is -0.390. The Morgan fingerprint density at radius 1 is 0.969 bits per heavy atom. The summed E-state index contributed by atoms with van der Waals surface area (Å²) in [4.78, 5) is 15.2. The number of ketones is 1. The molecule has 0 amide bonds. The van der Waals surface area contributed by atoms with Crippen LogP contribution in [0.3, 0.4) is 0 Å². The number of ether oxygens (including phenoxy) is 2. The van der Waals surface area contributed by atoms with Crippen LogP contribution in [0, 0.1) is 17.8 Å². The highest BCUT2D eigenvalue weighted by Gasteiger charge is 2.82. The first-order valence-electron chi connectivity index (χ1n) is 11.1. The molecule has 32 heavy (non-hydrogen) atoms. The summed E-state index contributed by atoms with van der Waals surface area (Å²) in [6, 6.07) is 18.7. The summed E-state index contributed by atoms with van der Waals surface area (Å²) in [5, 5.41) is 0. The van der Waals surface area contributed by atoms with Crippen molar-refractivity contribution >= 4 is 27.4 Å². The summed E-state index contributed by atoms with van der Waals surface area (Å²) in [7, 11) is -3.77. The lowest BCUT2D eigenvalue weighted by Gasteiger charge is -2.44. The minimum Gasteiger partial charge on any atom is -0.372 e. The zero-order valence-electron chi connectivity index (χ0n) is 17.2. The third-order valence-electron chi connectivity index (χ3n) is 8.08. The molecule has 1 aliphatic carbocycles. The minimum atomic E-state index is -3.77. The first kappa shape index (κ1) is 19.5. The molecule has 5 nitrogen and oxygen atoms in total. The smallest absolute Gasteiger partial charge is 0.190 e. The third kappa shape index (κ3) is 2.23. The van der Waals surface area contributed by atoms with Crippen molar-refractivity contribution in [1.82, 2.24) is 0 Å². The molecule has 3 saturated heterocycles. The molecule has 7 heteroatoms. The van der Waals surface area contributed by atoms with Gasteiger partial charge in [-0.15, -0.1) is 0 Å². The normalized spacial score (nSPS) is 41.1. The van der Waals surface area contributed by atoms with Crippen molar-refractivity contribution in [2.45, 2.75) is 51.8 Å². The molecule has 4 heterocycles. The van der Waals surface area contributed by atoms with E-state index in [-0.39, 0.29) is 29.6 Å². The Kier molecular flexibility index (Phi) is 4.01. The highest BCUT2D eigenvalue weighted by molar-refractivity contribution is 8.03. The maximum atomic E-state index is 14.3. The summed E-state index contributed by atoms with van der Waals surface area (Å²) in [6.45, 7) is 0. The molecule has 4 bridgehead atoms. The summed E-state index contributed by atoms with van der Waals surface area (Å²) >= 11 is 1.62. The van der Waals surface area contributed by atoms with Crippen molar-refractivity contribution in [3.05, 3.63) is 71.6 Å². The van der Waals surface area contributed by atoms with Gasteiger partial charge in [0.05, 0.1) is 23.2 Å². The predicted octanol–water partition coefficient (Wildman–Crippen LogP) is 3.65. The number of sulfone groups is 1. The lowest BCUT2D eigenvalue weighted by atomic mass is 9.65. The molecular formula is C25H22O5S2. The van der Waals surface area contributed by atoms with Crippen LogP contribution in [0.4, 0.5) is 0 Å². The van der Waals surface area contributed by atoms with Gasteiger partial charge in [-0.05, 0) is 42.7 Å². The molecule has 0 aromatic heterocycles. The van der Waals surface area contributed by atoms with Gasteiger partial charge >= 0.3 is 0 Å². The van der Waals surface area contributed by atoms with Crippen LogP contribution in [-0.4, -0.2) is 43.4 Å². The van der Waals surface area contributed by atoms with E-state index in [0.717, 1.165) is 9.80 Å². The van der Waals surface area contributed by atoms with E-state index >= 15 is 0 Å². The van der Waals surface area contributed by atoms with E-state index in [9.17, 15) is 13.2 Å². The summed E-state index contributed by atoms with van der Waals surface area (Å²) < 4.78 is 40.3. The zero-order valence-corrected chi connectivity index (χ0v) is 18.8. The second-order valence-corrected chi connectivity index (χ2v) is 12.7. The minimum absolute atomic E-state index is 0.0381. The SMILES string of the molecule is O=C1CC[C@@H]2[C@H]1[C@@H]1O[C@H]2[C@]2(S(=O)(=O)c3ccccc3)[C@H]1[C@@H]1O[C@H]2C=C1Sc1ccccc1. The van der Waals surface area contributed by atoms with Gasteiger partial charge in [-0.1, -0.05) is 48.2 Å². The molecule has 4 aliphatic heterocycles. The van der Waals surface area contributed by atoms with Crippen LogP contribution in [0.15, 0.2) is 81.4 Å². The third-order valence-corrected chi connectivity index (χ3v) is 11.8. The molecule has 0 spiro atoms. The van der Waals surface area contributed by atoms with E-state index in [1.807, 2.05) is 42.5 Å². The maximum absolute atomic E-state index is 14.3. The number of hydrogen-bond acceptors (Lipinski definition) is 6. The van der Waals surface area contributed by atoms with Crippen LogP contribution in [0.5, 0.6) is 0 Å². The van der Waals surface area contributed by atoms with Gasteiger partial charge in [-0.2, -0.15) is 0 Å². The Bertz CT molecular complexity index is 1240. The highest BCUT2D eigenvalue weighted by atomic mass is 32.2. The van der Waals surface area contributed by atoms with E-state index in [2.05, 4.69) is 0 Å². The number of carbonyl (C=O) groups excluding carboxylic acids is 1. The highest BCUT2D eigenvalue weighted by Crippen LogP contribution is 2.69. The largest absolute Gasteiger partial charge is 0.372 e. The average molecular weight is 467 g/mol. The van der Waals surface area contributed by atoms with Crippen LogP contribution in [0.1, 0.15) is 12.8 Å². The molecule has 2 aromatic rings. The van der Waals surface area contributed by atoms with Gasteiger partial charge in [0.25, 0.3) is 0 Å². The van der Waals surface area contributed by atoms with Crippen molar-refractivity contribution in [1.29, 1.82) is 0 Å². The fraction of sp³-hybridized carbons (Fsp3) is 0.400. The number of thioether (sulfide) groups is 1. The van der Waals surface area contributed by atoms with Gasteiger partial charge in [-0.25, -0.2) is 8.42 Å². The number of hydrogen-bond donors (Lipinski definition) is 0. The van der Waals surface area contributed by atoms with Gasteiger partial charge in [0, 0.05) is 28.1 Å². The van der Waals surface area contributed by atoms with Gasteiger partial charge in [0.2, 0.25) is 0 Å². The molecule has 7 rings (SSSR count). The number of fused-ring (bicyclic) bond motifs is 12. The van der Waals surface area contributed by atoms with Gasteiger partial charge in [0.1, 0.15) is 16.6 Å². The van der Waals surface area contributed by atoms with Crippen LogP contribution < -0.4 is 0 Å². The molecule has 0 radical (unpaired) electrons. The van der Waals surface area contributed by atoms with E-state index < -0.39 is 32.9 Å². The lowest BCUT2D eigenvalue weighted by Crippen LogP contribution is -2.62. The predicted molar refractivity (Wildman–Crippen MR) is 119 cm³/mol. The molecule has 4 fully saturated rings. The Labute approximate surface area is 191 Å². The van der Waals surface area contributed by atoms with E-state index in [1.165, 1.54) is 0 Å². The Balaban J connectivity index is 1.38. The van der Waals surface area contributed by atoms with Gasteiger partial charge in [-0.3, -0.25) is 4.79 Å². The monoisotopic (exact) mass is 466 g/mol. The van der Waals surface area contributed by atoms with Crippen molar-refractivity contribution in [3.63, 3.8) is 0 Å². The van der Waals surface area contributed by atoms with Crippen molar-refractivity contribution in [3.8, 4) is 0 Å². The Morgan fingerprint density at radius 3 is 2.44 bits per heavy atom. The summed E-state index contributed by atoms with van der Waals surface area (Å²) in [6.07, 6.45) is 1.40.